The third-order valence-electron chi connectivity index (χ3n) is 6.19. The highest BCUT2D eigenvalue weighted by molar-refractivity contribution is 7.89. The molecular formula is C23H24N4O4S2. The number of hydrogen-bond acceptors (Lipinski definition) is 8. The molecule has 0 amide bonds. The number of carbonyl (C=O) groups is 1. The summed E-state index contributed by atoms with van der Waals surface area (Å²) in [6, 6.07) is 11.1. The van der Waals surface area contributed by atoms with Crippen molar-refractivity contribution < 1.29 is 17.9 Å². The summed E-state index contributed by atoms with van der Waals surface area (Å²) in [7, 11) is -3.54. The molecular weight excluding hydrogens is 460 g/mol. The lowest BCUT2D eigenvalue weighted by Crippen LogP contribution is -2.58. The van der Waals surface area contributed by atoms with E-state index < -0.39 is 16.0 Å². The van der Waals surface area contributed by atoms with E-state index in [4.69, 9.17) is 4.74 Å². The molecule has 4 heterocycles. The van der Waals surface area contributed by atoms with Crippen molar-refractivity contribution in [2.24, 2.45) is 5.41 Å². The Balaban J connectivity index is 1.22. The van der Waals surface area contributed by atoms with Crippen LogP contribution in [0.5, 0.6) is 0 Å². The van der Waals surface area contributed by atoms with Gasteiger partial charge in [-0.3, -0.25) is 0 Å². The van der Waals surface area contributed by atoms with E-state index in [2.05, 4.69) is 9.97 Å². The van der Waals surface area contributed by atoms with E-state index >= 15 is 0 Å². The highest BCUT2D eigenvalue weighted by Crippen LogP contribution is 2.42. The molecule has 1 aromatic carbocycles. The summed E-state index contributed by atoms with van der Waals surface area (Å²) < 4.78 is 33.0. The first-order valence-electron chi connectivity index (χ1n) is 10.8. The number of thiophene rings is 1. The van der Waals surface area contributed by atoms with Gasteiger partial charge in [-0.2, -0.15) is 4.31 Å². The summed E-state index contributed by atoms with van der Waals surface area (Å²) in [6.45, 7) is 4.42. The van der Waals surface area contributed by atoms with E-state index in [1.54, 1.807) is 34.7 Å². The summed E-state index contributed by atoms with van der Waals surface area (Å²) in [5.74, 6) is 0.100. The Hall–Kier alpha value is -2.82. The Labute approximate surface area is 196 Å². The molecule has 2 aromatic heterocycles. The summed E-state index contributed by atoms with van der Waals surface area (Å²) in [5.41, 5.74) is 1.25. The second-order valence-corrected chi connectivity index (χ2v) is 11.3. The maximum Gasteiger partial charge on any atom is 0.341 e. The zero-order chi connectivity index (χ0) is 23.1. The van der Waals surface area contributed by atoms with Crippen LogP contribution in [0.3, 0.4) is 0 Å². The summed E-state index contributed by atoms with van der Waals surface area (Å²) in [6.07, 6.45) is 3.74. The van der Waals surface area contributed by atoms with Crippen molar-refractivity contribution in [2.75, 3.05) is 37.7 Å². The van der Waals surface area contributed by atoms with Gasteiger partial charge in [-0.25, -0.2) is 23.2 Å². The molecule has 5 rings (SSSR count). The zero-order valence-electron chi connectivity index (χ0n) is 18.2. The molecule has 0 aliphatic carbocycles. The maximum absolute atomic E-state index is 13.2. The van der Waals surface area contributed by atoms with Crippen LogP contribution in [0.1, 0.15) is 23.7 Å². The number of hydrogen-bond donors (Lipinski definition) is 0. The van der Waals surface area contributed by atoms with Crippen LogP contribution in [-0.2, 0) is 14.8 Å². The summed E-state index contributed by atoms with van der Waals surface area (Å²) in [4.78, 5) is 23.8. The van der Waals surface area contributed by atoms with E-state index in [0.29, 0.717) is 49.2 Å². The van der Waals surface area contributed by atoms with Gasteiger partial charge >= 0.3 is 5.97 Å². The Morgan fingerprint density at radius 2 is 1.85 bits per heavy atom. The fourth-order valence-corrected chi connectivity index (χ4v) is 6.74. The smallest absolute Gasteiger partial charge is 0.341 e. The quantitative estimate of drug-likeness (QED) is 0.496. The van der Waals surface area contributed by atoms with Crippen LogP contribution in [0.4, 0.5) is 5.95 Å². The second kappa shape index (κ2) is 8.51. The van der Waals surface area contributed by atoms with E-state index in [1.165, 1.54) is 12.4 Å². The third-order valence-corrected chi connectivity index (χ3v) is 8.96. The average Bonchev–Trinajstić information content (AvgIpc) is 3.49. The maximum atomic E-state index is 13.2. The van der Waals surface area contributed by atoms with Crippen LogP contribution >= 0.6 is 11.3 Å². The molecule has 3 aromatic rings. The van der Waals surface area contributed by atoms with Gasteiger partial charge in [0.25, 0.3) is 0 Å². The highest BCUT2D eigenvalue weighted by atomic mass is 32.2. The molecule has 33 heavy (non-hydrogen) atoms. The van der Waals surface area contributed by atoms with E-state index in [0.717, 1.165) is 16.9 Å². The minimum Gasteiger partial charge on any atom is -0.462 e. The van der Waals surface area contributed by atoms with E-state index in [-0.39, 0.29) is 5.41 Å². The lowest BCUT2D eigenvalue weighted by Gasteiger charge is -2.47. The number of carbonyl (C=O) groups excluding carboxylic acids is 1. The normalized spacial score (nSPS) is 17.8. The van der Waals surface area contributed by atoms with Gasteiger partial charge in [0.15, 0.2) is 0 Å². The molecule has 10 heteroatoms. The van der Waals surface area contributed by atoms with E-state index in [9.17, 15) is 13.2 Å². The van der Waals surface area contributed by atoms with Crippen LogP contribution in [0, 0.1) is 5.41 Å². The number of benzene rings is 1. The van der Waals surface area contributed by atoms with Gasteiger partial charge in [0.05, 0.1) is 17.1 Å². The first kappa shape index (κ1) is 22.0. The molecule has 2 aliphatic rings. The SMILES string of the molecule is CCOC(=O)c1cnc(N2CC3(CCN(S(=O)(=O)c4ccc(-c5cccs5)cc4)C3)C2)nc1. The molecule has 172 valence electrons. The molecule has 1 spiro atoms. The molecule has 2 aliphatic heterocycles. The first-order chi connectivity index (χ1) is 15.9. The average molecular weight is 485 g/mol. The van der Waals surface area contributed by atoms with Gasteiger partial charge in [-0.1, -0.05) is 18.2 Å². The van der Waals surface area contributed by atoms with Gasteiger partial charge in [-0.05, 0) is 42.5 Å². The molecule has 0 atom stereocenters. The van der Waals surface area contributed by atoms with Crippen molar-refractivity contribution in [3.05, 3.63) is 59.7 Å². The van der Waals surface area contributed by atoms with Crippen LogP contribution in [-0.4, -0.2) is 61.4 Å². The van der Waals surface area contributed by atoms with Gasteiger partial charge in [0, 0.05) is 48.9 Å². The highest BCUT2D eigenvalue weighted by Gasteiger charge is 2.51. The third kappa shape index (κ3) is 4.14. The van der Waals surface area contributed by atoms with E-state index in [1.807, 2.05) is 34.5 Å². The number of nitrogens with zero attached hydrogens (tertiary/aromatic N) is 4. The minimum absolute atomic E-state index is 0.0901. The predicted molar refractivity (Wildman–Crippen MR) is 126 cm³/mol. The Morgan fingerprint density at radius 1 is 1.12 bits per heavy atom. The van der Waals surface area contributed by atoms with Crippen molar-refractivity contribution in [3.8, 4) is 10.4 Å². The standard InChI is InChI=1S/C23H24N4O4S2/c1-2-31-21(28)18-12-24-22(25-13-18)26-14-23(15-26)9-10-27(16-23)33(29,30)19-7-5-17(6-8-19)20-4-3-11-32-20/h3-8,11-13H,2,9-10,14-16H2,1H3. The van der Waals surface area contributed by atoms with Crippen LogP contribution in [0.2, 0.25) is 0 Å². The van der Waals surface area contributed by atoms with Crippen molar-refractivity contribution >= 4 is 33.3 Å². The van der Waals surface area contributed by atoms with Gasteiger partial charge in [-0.15, -0.1) is 11.3 Å². The van der Waals surface area contributed by atoms with Crippen molar-refractivity contribution in [1.29, 1.82) is 0 Å². The number of rotatable bonds is 6. The van der Waals surface area contributed by atoms with Crippen LogP contribution in [0.15, 0.2) is 59.1 Å². The summed E-state index contributed by atoms with van der Waals surface area (Å²) >= 11 is 1.63. The topological polar surface area (TPSA) is 92.7 Å². The number of sulfonamides is 1. The molecule has 8 nitrogen and oxygen atoms in total. The molecule has 2 fully saturated rings. The largest absolute Gasteiger partial charge is 0.462 e. The molecule has 2 saturated heterocycles. The first-order valence-corrected chi connectivity index (χ1v) is 13.1. The van der Waals surface area contributed by atoms with Crippen molar-refractivity contribution in [1.82, 2.24) is 14.3 Å². The number of aromatic nitrogens is 2. The van der Waals surface area contributed by atoms with Crippen molar-refractivity contribution in [3.63, 3.8) is 0 Å². The molecule has 0 unspecified atom stereocenters. The molecule has 0 bridgehead atoms. The fraction of sp³-hybridized carbons (Fsp3) is 0.348. The predicted octanol–water partition coefficient (Wildman–Crippen LogP) is 3.28. The monoisotopic (exact) mass is 484 g/mol. The Kier molecular flexibility index (Phi) is 5.67. The van der Waals surface area contributed by atoms with Gasteiger partial charge in [0.1, 0.15) is 0 Å². The summed E-state index contributed by atoms with van der Waals surface area (Å²) in [5, 5.41) is 2.01. The zero-order valence-corrected chi connectivity index (χ0v) is 19.8. The van der Waals surface area contributed by atoms with Crippen LogP contribution in [0.25, 0.3) is 10.4 Å². The van der Waals surface area contributed by atoms with Gasteiger partial charge in [0.2, 0.25) is 16.0 Å². The molecule has 0 saturated carbocycles. The molecule has 0 radical (unpaired) electrons. The lowest BCUT2D eigenvalue weighted by molar-refractivity contribution is 0.0525. The van der Waals surface area contributed by atoms with Crippen LogP contribution < -0.4 is 4.90 Å². The van der Waals surface area contributed by atoms with Crippen molar-refractivity contribution in [2.45, 2.75) is 18.2 Å². The number of anilines is 1. The second-order valence-electron chi connectivity index (χ2n) is 8.44. The van der Waals surface area contributed by atoms with Gasteiger partial charge < -0.3 is 9.64 Å². The minimum atomic E-state index is -3.54. The molecule has 0 N–H and O–H groups in total. The lowest BCUT2D eigenvalue weighted by atomic mass is 9.79. The fourth-order valence-electron chi connectivity index (χ4n) is 4.45. The Bertz CT molecular complexity index is 1240. The number of ether oxygens (including phenoxy) is 1. The number of esters is 1. The Morgan fingerprint density at radius 3 is 2.48 bits per heavy atom.